The third-order valence-electron chi connectivity index (χ3n) is 4.11. The van der Waals surface area contributed by atoms with Crippen molar-refractivity contribution >= 4 is 28.0 Å². The highest BCUT2D eigenvalue weighted by atomic mass is 19.2. The predicted molar refractivity (Wildman–Crippen MR) is 99.8 cm³/mol. The number of rotatable bonds is 1. The quantitative estimate of drug-likeness (QED) is 0.446. The van der Waals surface area contributed by atoms with Crippen molar-refractivity contribution < 1.29 is 18.3 Å². The molecule has 0 aliphatic rings. The fraction of sp³-hybridized carbons (Fsp3) is 0.200. The van der Waals surface area contributed by atoms with Crippen LogP contribution < -0.4 is 0 Å². The topological polar surface area (TPSA) is 69.9 Å². The van der Waals surface area contributed by atoms with E-state index in [1.165, 1.54) is 10.6 Å². The Bertz CT molecular complexity index is 1230. The standard InChI is InChI=1S/C20H16F2N4O2/c1-20(2,3)28-19(27)26-15-7-8-23-10-13(15)11-4-5-14(25-18(11)26)12-6-9-24-17(22)16(12)21/h4-10H,1-3H3. The Kier molecular flexibility index (Phi) is 4.06. The zero-order chi connectivity index (χ0) is 20.1. The Labute approximate surface area is 158 Å². The number of hydrogen-bond donors (Lipinski definition) is 0. The van der Waals surface area contributed by atoms with Gasteiger partial charge in [-0.15, -0.1) is 0 Å². The molecule has 0 aliphatic heterocycles. The van der Waals surface area contributed by atoms with Crippen LogP contribution in [0.5, 0.6) is 0 Å². The normalized spacial score (nSPS) is 11.9. The first-order chi connectivity index (χ1) is 13.3. The molecule has 0 saturated carbocycles. The second-order valence-corrected chi connectivity index (χ2v) is 7.24. The van der Waals surface area contributed by atoms with E-state index >= 15 is 0 Å². The van der Waals surface area contributed by atoms with Crippen LogP contribution in [0.15, 0.2) is 42.9 Å². The molecule has 8 heteroatoms. The van der Waals surface area contributed by atoms with Crippen molar-refractivity contribution in [2.75, 3.05) is 0 Å². The van der Waals surface area contributed by atoms with Crippen molar-refractivity contribution in [3.8, 4) is 11.3 Å². The molecular formula is C20H16F2N4O2. The van der Waals surface area contributed by atoms with Crippen LogP contribution in [-0.4, -0.2) is 31.2 Å². The Balaban J connectivity index is 2.00. The monoisotopic (exact) mass is 382 g/mol. The first-order valence-electron chi connectivity index (χ1n) is 8.55. The zero-order valence-electron chi connectivity index (χ0n) is 15.4. The summed E-state index contributed by atoms with van der Waals surface area (Å²) in [7, 11) is 0. The minimum absolute atomic E-state index is 0.0477. The van der Waals surface area contributed by atoms with Crippen molar-refractivity contribution in [2.45, 2.75) is 26.4 Å². The lowest BCUT2D eigenvalue weighted by Gasteiger charge is -2.20. The van der Waals surface area contributed by atoms with Gasteiger partial charge in [0.1, 0.15) is 5.60 Å². The Morgan fingerprint density at radius 3 is 2.61 bits per heavy atom. The third kappa shape index (κ3) is 2.96. The number of pyridine rings is 3. The summed E-state index contributed by atoms with van der Waals surface area (Å²) in [5.41, 5.74) is 0.238. The minimum atomic E-state index is -1.21. The molecule has 4 rings (SSSR count). The molecule has 4 heterocycles. The SMILES string of the molecule is CC(C)(C)OC(=O)n1c2ccncc2c2ccc(-c3ccnc(F)c3F)nc21. The van der Waals surface area contributed by atoms with E-state index in [0.29, 0.717) is 16.3 Å². The number of hydrogen-bond acceptors (Lipinski definition) is 5. The van der Waals surface area contributed by atoms with Crippen molar-refractivity contribution in [2.24, 2.45) is 0 Å². The maximum atomic E-state index is 14.2. The molecule has 0 aromatic carbocycles. The van der Waals surface area contributed by atoms with Crippen molar-refractivity contribution in [3.63, 3.8) is 0 Å². The molecule has 142 valence electrons. The highest BCUT2D eigenvalue weighted by Gasteiger charge is 2.24. The van der Waals surface area contributed by atoms with Crippen LogP contribution in [0.2, 0.25) is 0 Å². The average Bonchev–Trinajstić information content (AvgIpc) is 2.96. The number of nitrogens with zero attached hydrogens (tertiary/aromatic N) is 4. The molecular weight excluding hydrogens is 366 g/mol. The number of fused-ring (bicyclic) bond motifs is 3. The summed E-state index contributed by atoms with van der Waals surface area (Å²) in [6.45, 7) is 5.27. The van der Waals surface area contributed by atoms with Crippen LogP contribution in [0.4, 0.5) is 13.6 Å². The number of carbonyl (C=O) groups is 1. The molecule has 4 aromatic heterocycles. The first-order valence-corrected chi connectivity index (χ1v) is 8.55. The fourth-order valence-electron chi connectivity index (χ4n) is 2.99. The van der Waals surface area contributed by atoms with Gasteiger partial charge in [-0.3, -0.25) is 4.98 Å². The van der Waals surface area contributed by atoms with Gasteiger partial charge in [-0.2, -0.15) is 4.39 Å². The van der Waals surface area contributed by atoms with Crippen molar-refractivity contribution in [3.05, 3.63) is 54.6 Å². The Morgan fingerprint density at radius 2 is 1.86 bits per heavy atom. The maximum absolute atomic E-state index is 14.2. The summed E-state index contributed by atoms with van der Waals surface area (Å²) in [5, 5.41) is 1.34. The van der Waals surface area contributed by atoms with E-state index in [4.69, 9.17) is 4.74 Å². The van der Waals surface area contributed by atoms with Gasteiger partial charge < -0.3 is 4.74 Å². The molecule has 0 spiro atoms. The van der Waals surface area contributed by atoms with Gasteiger partial charge in [-0.25, -0.2) is 23.7 Å². The molecule has 4 aromatic rings. The largest absolute Gasteiger partial charge is 0.443 e. The van der Waals surface area contributed by atoms with E-state index in [1.54, 1.807) is 51.4 Å². The molecule has 0 amide bonds. The zero-order valence-corrected chi connectivity index (χ0v) is 15.4. The maximum Gasteiger partial charge on any atom is 0.420 e. The van der Waals surface area contributed by atoms with Gasteiger partial charge in [0, 0.05) is 34.9 Å². The fourth-order valence-corrected chi connectivity index (χ4v) is 2.99. The van der Waals surface area contributed by atoms with Gasteiger partial charge >= 0.3 is 6.09 Å². The van der Waals surface area contributed by atoms with Crippen molar-refractivity contribution in [1.29, 1.82) is 0 Å². The van der Waals surface area contributed by atoms with Gasteiger partial charge in [-0.1, -0.05) is 0 Å². The van der Waals surface area contributed by atoms with Crippen LogP contribution in [0, 0.1) is 11.8 Å². The number of aromatic nitrogens is 4. The predicted octanol–water partition coefficient (Wildman–Crippen LogP) is 4.71. The molecule has 0 unspecified atom stereocenters. The molecule has 6 nitrogen and oxygen atoms in total. The van der Waals surface area contributed by atoms with Gasteiger partial charge in [-0.05, 0) is 45.0 Å². The van der Waals surface area contributed by atoms with Gasteiger partial charge in [0.25, 0.3) is 0 Å². The summed E-state index contributed by atoms with van der Waals surface area (Å²) < 4.78 is 34.5. The van der Waals surface area contributed by atoms with Gasteiger partial charge in [0.2, 0.25) is 5.95 Å². The van der Waals surface area contributed by atoms with Gasteiger partial charge in [0.15, 0.2) is 11.5 Å². The molecule has 0 aliphatic carbocycles. The van der Waals surface area contributed by atoms with Crippen LogP contribution >= 0.6 is 0 Å². The molecule has 0 bridgehead atoms. The lowest BCUT2D eigenvalue weighted by molar-refractivity contribution is 0.0550. The average molecular weight is 382 g/mol. The highest BCUT2D eigenvalue weighted by molar-refractivity contribution is 6.11. The number of ether oxygens (including phenoxy) is 1. The lowest BCUT2D eigenvalue weighted by atomic mass is 10.1. The van der Waals surface area contributed by atoms with Crippen LogP contribution in [0.3, 0.4) is 0 Å². The first kappa shape index (κ1) is 18.0. The van der Waals surface area contributed by atoms with Gasteiger partial charge in [0.05, 0.1) is 11.2 Å². The summed E-state index contributed by atoms with van der Waals surface area (Å²) in [6, 6.07) is 6.26. The van der Waals surface area contributed by atoms with E-state index in [9.17, 15) is 13.6 Å². The number of halogens is 2. The molecule has 0 atom stereocenters. The molecule has 0 fully saturated rings. The summed E-state index contributed by atoms with van der Waals surface area (Å²) >= 11 is 0. The number of carbonyl (C=O) groups excluding carboxylic acids is 1. The van der Waals surface area contributed by atoms with Crippen LogP contribution in [-0.2, 0) is 4.74 Å². The molecule has 0 saturated heterocycles. The summed E-state index contributed by atoms with van der Waals surface area (Å²) in [6.07, 6.45) is 3.71. The van der Waals surface area contributed by atoms with E-state index < -0.39 is 23.5 Å². The lowest BCUT2D eigenvalue weighted by Crippen LogP contribution is -2.27. The highest BCUT2D eigenvalue weighted by Crippen LogP contribution is 2.31. The Morgan fingerprint density at radius 1 is 1.07 bits per heavy atom. The van der Waals surface area contributed by atoms with Crippen molar-refractivity contribution in [1.82, 2.24) is 19.5 Å². The van der Waals surface area contributed by atoms with E-state index in [-0.39, 0.29) is 16.9 Å². The summed E-state index contributed by atoms with van der Waals surface area (Å²) in [5.74, 6) is -2.31. The second-order valence-electron chi connectivity index (χ2n) is 7.24. The van der Waals surface area contributed by atoms with Crippen LogP contribution in [0.1, 0.15) is 20.8 Å². The third-order valence-corrected chi connectivity index (χ3v) is 4.11. The van der Waals surface area contributed by atoms with Crippen LogP contribution in [0.25, 0.3) is 33.2 Å². The summed E-state index contributed by atoms with van der Waals surface area (Å²) in [4.78, 5) is 24.7. The minimum Gasteiger partial charge on any atom is -0.443 e. The molecule has 0 N–H and O–H groups in total. The van der Waals surface area contributed by atoms with E-state index in [2.05, 4.69) is 15.0 Å². The smallest absolute Gasteiger partial charge is 0.420 e. The second kappa shape index (κ2) is 6.33. The van der Waals surface area contributed by atoms with E-state index in [0.717, 1.165) is 6.20 Å². The molecule has 0 radical (unpaired) electrons. The Hall–Kier alpha value is -3.42. The van der Waals surface area contributed by atoms with E-state index in [1.807, 2.05) is 0 Å². The molecule has 28 heavy (non-hydrogen) atoms.